The zero-order chi connectivity index (χ0) is 9.30. The number of hydrogen-bond acceptors (Lipinski definition) is 2. The summed E-state index contributed by atoms with van der Waals surface area (Å²) in [6.07, 6.45) is 1.11. The lowest BCUT2D eigenvalue weighted by Gasteiger charge is -2.37. The van der Waals surface area contributed by atoms with Gasteiger partial charge < -0.3 is 10.2 Å². The summed E-state index contributed by atoms with van der Waals surface area (Å²) in [6.45, 7) is 6.22. The fourth-order valence-electron chi connectivity index (χ4n) is 2.10. The first-order chi connectivity index (χ1) is 5.52. The van der Waals surface area contributed by atoms with Crippen LogP contribution in [-0.4, -0.2) is 22.4 Å². The smallest absolute Gasteiger partial charge is 0.0575 e. The molecule has 1 aliphatic carbocycles. The highest BCUT2D eigenvalue weighted by Gasteiger charge is 2.34. The van der Waals surface area contributed by atoms with Crippen LogP contribution in [0.4, 0.5) is 0 Å². The fourth-order valence-corrected chi connectivity index (χ4v) is 2.10. The van der Waals surface area contributed by atoms with Gasteiger partial charge in [-0.05, 0) is 30.6 Å². The molecule has 2 N–H and O–H groups in total. The van der Waals surface area contributed by atoms with Crippen molar-refractivity contribution < 1.29 is 10.2 Å². The summed E-state index contributed by atoms with van der Waals surface area (Å²) in [5.41, 5.74) is 0. The molecule has 0 spiro atoms. The Labute approximate surface area is 74.6 Å². The lowest BCUT2D eigenvalue weighted by molar-refractivity contribution is -0.0413. The minimum absolute atomic E-state index is 0.205. The number of aliphatic hydroxyl groups excluding tert-OH is 2. The third kappa shape index (κ3) is 1.99. The zero-order valence-electron chi connectivity index (χ0n) is 8.20. The predicted molar refractivity (Wildman–Crippen MR) is 48.7 cm³/mol. The molecule has 1 rings (SSSR count). The first-order valence-electron chi connectivity index (χ1n) is 4.88. The van der Waals surface area contributed by atoms with Gasteiger partial charge in [-0.15, -0.1) is 0 Å². The van der Waals surface area contributed by atoms with Crippen LogP contribution < -0.4 is 0 Å². The van der Waals surface area contributed by atoms with Gasteiger partial charge in [0.1, 0.15) is 0 Å². The molecule has 2 nitrogen and oxygen atoms in total. The van der Waals surface area contributed by atoms with Crippen LogP contribution in [-0.2, 0) is 0 Å². The molecule has 0 aromatic rings. The summed E-state index contributed by atoms with van der Waals surface area (Å²) in [4.78, 5) is 0. The maximum absolute atomic E-state index is 9.72. The van der Waals surface area contributed by atoms with Gasteiger partial charge in [0, 0.05) is 0 Å². The van der Waals surface area contributed by atoms with Gasteiger partial charge in [0.15, 0.2) is 0 Å². The summed E-state index contributed by atoms with van der Waals surface area (Å²) < 4.78 is 0. The summed E-state index contributed by atoms with van der Waals surface area (Å²) in [7, 11) is 0. The van der Waals surface area contributed by atoms with E-state index in [2.05, 4.69) is 13.8 Å². The van der Waals surface area contributed by atoms with E-state index < -0.39 is 0 Å². The maximum Gasteiger partial charge on any atom is 0.0575 e. The van der Waals surface area contributed by atoms with Gasteiger partial charge in [0.25, 0.3) is 0 Å². The van der Waals surface area contributed by atoms with Crippen LogP contribution in [0, 0.1) is 17.8 Å². The molecule has 0 radical (unpaired) electrons. The molecule has 2 heteroatoms. The number of rotatable bonds is 1. The van der Waals surface area contributed by atoms with E-state index in [4.69, 9.17) is 0 Å². The number of hydrogen-bond donors (Lipinski definition) is 2. The molecule has 0 unspecified atom stereocenters. The van der Waals surface area contributed by atoms with Gasteiger partial charge in [-0.25, -0.2) is 0 Å². The monoisotopic (exact) mass is 172 g/mol. The van der Waals surface area contributed by atoms with Crippen molar-refractivity contribution in [1.29, 1.82) is 0 Å². The van der Waals surface area contributed by atoms with Crippen LogP contribution in [0.1, 0.15) is 33.6 Å². The largest absolute Gasteiger partial charge is 0.393 e. The van der Waals surface area contributed by atoms with E-state index >= 15 is 0 Å². The molecule has 0 aromatic heterocycles. The second kappa shape index (κ2) is 3.75. The Morgan fingerprint density at radius 1 is 1.08 bits per heavy atom. The van der Waals surface area contributed by atoms with E-state index in [0.717, 1.165) is 12.8 Å². The average Bonchev–Trinajstić information content (AvgIpc) is 1.96. The van der Waals surface area contributed by atoms with E-state index in [0.29, 0.717) is 5.92 Å². The predicted octanol–water partition coefficient (Wildman–Crippen LogP) is 1.41. The normalized spacial score (nSPS) is 43.5. The second-order valence-corrected chi connectivity index (χ2v) is 4.49. The van der Waals surface area contributed by atoms with Crippen molar-refractivity contribution in [2.75, 3.05) is 0 Å². The molecule has 0 amide bonds. The van der Waals surface area contributed by atoms with Crippen molar-refractivity contribution in [3.63, 3.8) is 0 Å². The molecule has 4 atom stereocenters. The van der Waals surface area contributed by atoms with Crippen LogP contribution in [0.3, 0.4) is 0 Å². The minimum Gasteiger partial charge on any atom is -0.393 e. The van der Waals surface area contributed by atoms with Gasteiger partial charge in [-0.3, -0.25) is 0 Å². The molecule has 1 aliphatic rings. The standard InChI is InChI=1S/C10H20O2/c1-6(2)8-5-9(11)7(3)4-10(8)12/h6-12H,4-5H2,1-3H3/t7-,8-,9-,10-/m0/s1. The van der Waals surface area contributed by atoms with Crippen LogP contribution in [0.25, 0.3) is 0 Å². The lowest BCUT2D eigenvalue weighted by atomic mass is 9.74. The average molecular weight is 172 g/mol. The maximum atomic E-state index is 9.72. The first kappa shape index (κ1) is 10.0. The SMILES string of the molecule is CC(C)[C@@H]1C[C@H](O)[C@@H](C)C[C@@H]1O. The fraction of sp³-hybridized carbons (Fsp3) is 1.00. The summed E-state index contributed by atoms with van der Waals surface area (Å²) in [5.74, 6) is 1.02. The Kier molecular flexibility index (Phi) is 3.13. The quantitative estimate of drug-likeness (QED) is 0.628. The molecule has 0 bridgehead atoms. The Morgan fingerprint density at radius 3 is 2.17 bits per heavy atom. The molecule has 1 fully saturated rings. The highest BCUT2D eigenvalue weighted by Crippen LogP contribution is 2.33. The highest BCUT2D eigenvalue weighted by atomic mass is 16.3. The van der Waals surface area contributed by atoms with Gasteiger partial charge in [0.05, 0.1) is 12.2 Å². The molecule has 0 heterocycles. The van der Waals surface area contributed by atoms with Gasteiger partial charge in [-0.2, -0.15) is 0 Å². The highest BCUT2D eigenvalue weighted by molar-refractivity contribution is 4.84. The van der Waals surface area contributed by atoms with E-state index in [-0.39, 0.29) is 24.0 Å². The van der Waals surface area contributed by atoms with Crippen LogP contribution in [0.15, 0.2) is 0 Å². The molecule has 0 aromatic carbocycles. The molecule has 72 valence electrons. The van der Waals surface area contributed by atoms with Gasteiger partial charge in [-0.1, -0.05) is 20.8 Å². The Bertz CT molecular complexity index is 145. The Morgan fingerprint density at radius 2 is 1.67 bits per heavy atom. The van der Waals surface area contributed by atoms with Crippen molar-refractivity contribution in [2.24, 2.45) is 17.8 Å². The molecule has 12 heavy (non-hydrogen) atoms. The Hall–Kier alpha value is -0.0800. The van der Waals surface area contributed by atoms with E-state index in [9.17, 15) is 10.2 Å². The third-order valence-corrected chi connectivity index (χ3v) is 3.13. The number of aliphatic hydroxyl groups is 2. The van der Waals surface area contributed by atoms with Crippen molar-refractivity contribution in [1.82, 2.24) is 0 Å². The van der Waals surface area contributed by atoms with Crippen LogP contribution in [0.2, 0.25) is 0 Å². The van der Waals surface area contributed by atoms with Crippen molar-refractivity contribution in [3.05, 3.63) is 0 Å². The van der Waals surface area contributed by atoms with Gasteiger partial charge >= 0.3 is 0 Å². The minimum atomic E-state index is -0.208. The topological polar surface area (TPSA) is 40.5 Å². The van der Waals surface area contributed by atoms with Crippen molar-refractivity contribution in [3.8, 4) is 0 Å². The van der Waals surface area contributed by atoms with Crippen LogP contribution >= 0.6 is 0 Å². The third-order valence-electron chi connectivity index (χ3n) is 3.13. The second-order valence-electron chi connectivity index (χ2n) is 4.49. The van der Waals surface area contributed by atoms with Crippen LogP contribution in [0.5, 0.6) is 0 Å². The van der Waals surface area contributed by atoms with Gasteiger partial charge in [0.2, 0.25) is 0 Å². The lowest BCUT2D eigenvalue weighted by Crippen LogP contribution is -2.39. The molecule has 0 saturated heterocycles. The summed E-state index contributed by atoms with van der Waals surface area (Å²) >= 11 is 0. The zero-order valence-corrected chi connectivity index (χ0v) is 8.20. The molecule has 0 aliphatic heterocycles. The van der Waals surface area contributed by atoms with E-state index in [1.54, 1.807) is 0 Å². The summed E-state index contributed by atoms with van der Waals surface area (Å²) in [5, 5.41) is 19.3. The van der Waals surface area contributed by atoms with E-state index in [1.165, 1.54) is 0 Å². The molecular formula is C10H20O2. The Balaban J connectivity index is 2.55. The molecule has 1 saturated carbocycles. The van der Waals surface area contributed by atoms with Crippen molar-refractivity contribution in [2.45, 2.75) is 45.8 Å². The first-order valence-corrected chi connectivity index (χ1v) is 4.88. The summed E-state index contributed by atoms with van der Waals surface area (Å²) in [6, 6.07) is 0. The van der Waals surface area contributed by atoms with Crippen molar-refractivity contribution >= 4 is 0 Å². The van der Waals surface area contributed by atoms with E-state index in [1.807, 2.05) is 6.92 Å². The molecular weight excluding hydrogens is 152 g/mol.